The molecule has 0 spiro atoms. The molecule has 0 aromatic heterocycles. The number of aliphatic carboxylic acids is 1. The Morgan fingerprint density at radius 1 is 1.00 bits per heavy atom. The van der Waals surface area contributed by atoms with Gasteiger partial charge in [-0.15, -0.1) is 0 Å². The number of para-hydroxylation sites is 1. The largest absolute Gasteiger partial charge is 0.497 e. The van der Waals surface area contributed by atoms with Gasteiger partial charge in [0.05, 0.1) is 31.4 Å². The van der Waals surface area contributed by atoms with E-state index < -0.39 is 12.6 Å². The maximum Gasteiger partial charge on any atom is 0.341 e. The quantitative estimate of drug-likeness (QED) is 0.411. The second-order valence-electron chi connectivity index (χ2n) is 7.67. The fourth-order valence-corrected chi connectivity index (χ4v) is 4.44. The van der Waals surface area contributed by atoms with Gasteiger partial charge in [-0.25, -0.2) is 9.79 Å². The normalized spacial score (nSPS) is 15.4. The van der Waals surface area contributed by atoms with Crippen molar-refractivity contribution >= 4 is 40.6 Å². The van der Waals surface area contributed by atoms with Gasteiger partial charge in [-0.1, -0.05) is 36.4 Å². The topological polar surface area (TPSA) is 97.7 Å². The fourth-order valence-electron chi connectivity index (χ4n) is 3.44. The minimum atomic E-state index is -1.08. The number of carbonyl (C=O) groups is 2. The van der Waals surface area contributed by atoms with Crippen molar-refractivity contribution in [1.29, 1.82) is 0 Å². The van der Waals surface area contributed by atoms with Crippen LogP contribution in [0.25, 0.3) is 6.08 Å². The molecule has 1 aliphatic heterocycles. The van der Waals surface area contributed by atoms with E-state index in [-0.39, 0.29) is 5.91 Å². The molecular weight excluding hydrogens is 480 g/mol. The van der Waals surface area contributed by atoms with Crippen LogP contribution in [0.2, 0.25) is 0 Å². The number of amides is 1. The summed E-state index contributed by atoms with van der Waals surface area (Å²) in [5.74, 6) is 0.160. The highest BCUT2D eigenvalue weighted by atomic mass is 32.2. The molecule has 1 saturated heterocycles. The molecule has 0 saturated carbocycles. The Morgan fingerprint density at radius 3 is 2.42 bits per heavy atom. The lowest BCUT2D eigenvalue weighted by molar-refractivity contribution is -0.139. The second kappa shape index (κ2) is 11.5. The molecule has 0 atom stereocenters. The number of amidine groups is 1. The van der Waals surface area contributed by atoms with Crippen molar-refractivity contribution in [2.75, 3.05) is 20.8 Å². The summed E-state index contributed by atoms with van der Waals surface area (Å²) in [4.78, 5) is 31.1. The molecule has 1 N–H and O–H groups in total. The molecule has 1 aliphatic rings. The highest BCUT2D eigenvalue weighted by Gasteiger charge is 2.33. The number of ether oxygens (including phenoxy) is 3. The molecule has 0 bridgehead atoms. The molecule has 1 amide bonds. The predicted octanol–water partition coefficient (Wildman–Crippen LogP) is 4.97. The molecule has 36 heavy (non-hydrogen) atoms. The van der Waals surface area contributed by atoms with Gasteiger partial charge in [-0.2, -0.15) is 0 Å². The van der Waals surface area contributed by atoms with Crippen LogP contribution in [0.4, 0.5) is 5.69 Å². The SMILES string of the molecule is COc1ccc(CN2C(=O)/C(=C/c3ccc(OCC(=O)O)c(OC)c3)SC2=Nc2ccccc2)cc1. The van der Waals surface area contributed by atoms with Crippen molar-refractivity contribution in [1.82, 2.24) is 4.90 Å². The average molecular weight is 505 g/mol. The summed E-state index contributed by atoms with van der Waals surface area (Å²) >= 11 is 1.29. The van der Waals surface area contributed by atoms with Crippen molar-refractivity contribution < 1.29 is 28.9 Å². The van der Waals surface area contributed by atoms with E-state index in [4.69, 9.17) is 24.3 Å². The summed E-state index contributed by atoms with van der Waals surface area (Å²) < 4.78 is 15.8. The number of aliphatic imine (C=N–C) groups is 1. The van der Waals surface area contributed by atoms with Gasteiger partial charge < -0.3 is 19.3 Å². The molecule has 1 heterocycles. The van der Waals surface area contributed by atoms with Crippen LogP contribution >= 0.6 is 11.8 Å². The predicted molar refractivity (Wildman–Crippen MR) is 139 cm³/mol. The standard InChI is InChI=1S/C27H24N2O6S/c1-33-21-11-8-18(9-12-21)16-29-26(32)24(36-27(29)28-20-6-4-3-5-7-20)15-19-10-13-22(23(14-19)34-2)35-17-25(30)31/h3-15H,16-17H2,1-2H3,(H,30,31)/b24-15-,28-27?. The smallest absolute Gasteiger partial charge is 0.341 e. The van der Waals surface area contributed by atoms with E-state index in [1.54, 1.807) is 36.3 Å². The molecule has 3 aromatic rings. The summed E-state index contributed by atoms with van der Waals surface area (Å²) in [6.07, 6.45) is 1.75. The number of hydrogen-bond acceptors (Lipinski definition) is 7. The zero-order chi connectivity index (χ0) is 25.5. The maximum atomic E-state index is 13.4. The van der Waals surface area contributed by atoms with Gasteiger partial charge in [-0.05, 0) is 65.4 Å². The van der Waals surface area contributed by atoms with E-state index in [2.05, 4.69) is 0 Å². The molecule has 0 unspecified atom stereocenters. The lowest BCUT2D eigenvalue weighted by Crippen LogP contribution is -2.28. The molecule has 8 nitrogen and oxygen atoms in total. The van der Waals surface area contributed by atoms with Crippen molar-refractivity contribution in [3.05, 3.63) is 88.8 Å². The summed E-state index contributed by atoms with van der Waals surface area (Å²) in [6, 6.07) is 22.1. The third-order valence-corrected chi connectivity index (χ3v) is 6.21. The third kappa shape index (κ3) is 6.05. The Bertz CT molecular complexity index is 1310. The summed E-state index contributed by atoms with van der Waals surface area (Å²) in [6.45, 7) is -0.130. The number of carboxylic acid groups (broad SMARTS) is 1. The summed E-state index contributed by atoms with van der Waals surface area (Å²) in [7, 11) is 3.08. The highest BCUT2D eigenvalue weighted by molar-refractivity contribution is 8.18. The maximum absolute atomic E-state index is 13.4. The Hall–Kier alpha value is -4.24. The van der Waals surface area contributed by atoms with Crippen molar-refractivity contribution in [3.63, 3.8) is 0 Å². The number of nitrogens with zero attached hydrogens (tertiary/aromatic N) is 2. The number of benzene rings is 3. The van der Waals surface area contributed by atoms with Crippen LogP contribution in [0.3, 0.4) is 0 Å². The monoisotopic (exact) mass is 504 g/mol. The average Bonchev–Trinajstić information content (AvgIpc) is 3.17. The molecule has 4 rings (SSSR count). The first-order valence-corrected chi connectivity index (χ1v) is 11.8. The van der Waals surface area contributed by atoms with Gasteiger partial charge in [0.25, 0.3) is 5.91 Å². The molecule has 3 aromatic carbocycles. The van der Waals surface area contributed by atoms with Crippen LogP contribution in [0.15, 0.2) is 82.7 Å². The van der Waals surface area contributed by atoms with Crippen LogP contribution in [-0.4, -0.2) is 47.9 Å². The van der Waals surface area contributed by atoms with Crippen molar-refractivity contribution in [3.8, 4) is 17.2 Å². The Balaban J connectivity index is 1.64. The van der Waals surface area contributed by atoms with Gasteiger partial charge in [0.2, 0.25) is 0 Å². The lowest BCUT2D eigenvalue weighted by atomic mass is 10.1. The first kappa shape index (κ1) is 24.9. The minimum absolute atomic E-state index is 0.171. The lowest BCUT2D eigenvalue weighted by Gasteiger charge is -2.16. The molecule has 0 radical (unpaired) electrons. The van der Waals surface area contributed by atoms with Crippen LogP contribution in [0.1, 0.15) is 11.1 Å². The van der Waals surface area contributed by atoms with E-state index in [1.165, 1.54) is 18.9 Å². The summed E-state index contributed by atoms with van der Waals surface area (Å²) in [5.41, 5.74) is 2.39. The Labute approximate surface area is 212 Å². The zero-order valence-electron chi connectivity index (χ0n) is 19.7. The molecule has 9 heteroatoms. The first-order chi connectivity index (χ1) is 17.5. The van der Waals surface area contributed by atoms with Gasteiger partial charge >= 0.3 is 5.97 Å². The first-order valence-electron chi connectivity index (χ1n) is 11.0. The number of hydrogen-bond donors (Lipinski definition) is 1. The van der Waals surface area contributed by atoms with Crippen LogP contribution in [0, 0.1) is 0 Å². The minimum Gasteiger partial charge on any atom is -0.497 e. The summed E-state index contributed by atoms with van der Waals surface area (Å²) in [5, 5.41) is 9.43. The van der Waals surface area contributed by atoms with Crippen LogP contribution in [0.5, 0.6) is 17.2 Å². The van der Waals surface area contributed by atoms with E-state index in [0.717, 1.165) is 17.0 Å². The number of thioether (sulfide) groups is 1. The van der Waals surface area contributed by atoms with Gasteiger partial charge in [-0.3, -0.25) is 9.69 Å². The second-order valence-corrected chi connectivity index (χ2v) is 8.68. The Morgan fingerprint density at radius 2 is 1.75 bits per heavy atom. The van der Waals surface area contributed by atoms with Crippen LogP contribution < -0.4 is 14.2 Å². The molecular formula is C27H24N2O6S. The van der Waals surface area contributed by atoms with Gasteiger partial charge in [0.15, 0.2) is 23.3 Å². The number of carbonyl (C=O) groups excluding carboxylic acids is 1. The highest BCUT2D eigenvalue weighted by Crippen LogP contribution is 2.36. The van der Waals surface area contributed by atoms with Crippen molar-refractivity contribution in [2.24, 2.45) is 4.99 Å². The van der Waals surface area contributed by atoms with E-state index in [9.17, 15) is 9.59 Å². The van der Waals surface area contributed by atoms with Gasteiger partial charge in [0.1, 0.15) is 5.75 Å². The van der Waals surface area contributed by atoms with Crippen molar-refractivity contribution in [2.45, 2.75) is 6.54 Å². The number of methoxy groups -OCH3 is 2. The third-order valence-electron chi connectivity index (χ3n) is 5.21. The molecule has 184 valence electrons. The Kier molecular flexibility index (Phi) is 7.92. The molecule has 0 aliphatic carbocycles. The van der Waals surface area contributed by atoms with E-state index >= 15 is 0 Å². The fraction of sp³-hybridized carbons (Fsp3) is 0.148. The van der Waals surface area contributed by atoms with E-state index in [1.807, 2.05) is 54.6 Å². The molecule has 1 fully saturated rings. The zero-order valence-corrected chi connectivity index (χ0v) is 20.5. The number of rotatable bonds is 9. The van der Waals surface area contributed by atoms with E-state index in [0.29, 0.717) is 33.7 Å². The van der Waals surface area contributed by atoms with Crippen LogP contribution in [-0.2, 0) is 16.1 Å². The van der Waals surface area contributed by atoms with Gasteiger partial charge in [0, 0.05) is 0 Å². The number of carboxylic acids is 1.